The van der Waals surface area contributed by atoms with Crippen LogP contribution < -0.4 is 4.74 Å². The first-order valence-electron chi connectivity index (χ1n) is 4.18. The van der Waals surface area contributed by atoms with Crippen LogP contribution in [0.4, 0.5) is 17.6 Å². The van der Waals surface area contributed by atoms with Crippen molar-refractivity contribution in [2.75, 3.05) is 0 Å². The molecule has 1 unspecified atom stereocenters. The fraction of sp³-hybridized carbons (Fsp3) is 0.300. The van der Waals surface area contributed by atoms with Crippen molar-refractivity contribution in [2.24, 2.45) is 0 Å². The van der Waals surface area contributed by atoms with Crippen molar-refractivity contribution in [1.82, 2.24) is 0 Å². The minimum Gasteiger partial charge on any atom is -0.403 e. The third-order valence-electron chi connectivity index (χ3n) is 1.75. The zero-order valence-corrected chi connectivity index (χ0v) is 7.94. The Morgan fingerprint density at radius 1 is 1.33 bits per heavy atom. The van der Waals surface area contributed by atoms with E-state index in [-0.39, 0.29) is 5.56 Å². The van der Waals surface area contributed by atoms with Crippen LogP contribution in [0.2, 0.25) is 0 Å². The molecule has 83 valence electrons. The van der Waals surface area contributed by atoms with E-state index in [1.54, 1.807) is 6.92 Å². The summed E-state index contributed by atoms with van der Waals surface area (Å²) in [6, 6.07) is 3.59. The first-order valence-corrected chi connectivity index (χ1v) is 4.18. The fourth-order valence-electron chi connectivity index (χ4n) is 1.11. The lowest BCUT2D eigenvalue weighted by Gasteiger charge is -2.13. The van der Waals surface area contributed by atoms with Crippen molar-refractivity contribution < 1.29 is 22.3 Å². The van der Waals surface area contributed by atoms with Gasteiger partial charge in [0.25, 0.3) is 0 Å². The Hall–Kier alpha value is -1.26. The summed E-state index contributed by atoms with van der Waals surface area (Å²) in [5, 5.41) is 0. The number of hydrogen-bond donors (Lipinski definition) is 0. The molecule has 1 aromatic rings. The van der Waals surface area contributed by atoms with Gasteiger partial charge in [0, 0.05) is 0 Å². The zero-order valence-electron chi connectivity index (χ0n) is 7.94. The Morgan fingerprint density at radius 2 is 1.93 bits per heavy atom. The van der Waals surface area contributed by atoms with Crippen molar-refractivity contribution in [3.8, 4) is 5.75 Å². The molecule has 0 aliphatic heterocycles. The van der Waals surface area contributed by atoms with Crippen LogP contribution in [0.25, 0.3) is 0 Å². The average molecular weight is 221 g/mol. The van der Waals surface area contributed by atoms with E-state index in [1.165, 1.54) is 12.1 Å². The second-order valence-electron chi connectivity index (χ2n) is 3.11. The molecule has 0 heterocycles. The van der Waals surface area contributed by atoms with Gasteiger partial charge in [-0.05, 0) is 24.5 Å². The largest absolute Gasteiger partial charge is 0.573 e. The minimum atomic E-state index is -4.89. The molecule has 0 saturated heterocycles. The predicted molar refractivity (Wildman–Crippen MR) is 46.9 cm³/mol. The van der Waals surface area contributed by atoms with E-state index in [1.807, 2.05) is 0 Å². The quantitative estimate of drug-likeness (QED) is 0.692. The smallest absolute Gasteiger partial charge is 0.403 e. The second kappa shape index (κ2) is 4.08. The van der Waals surface area contributed by atoms with Gasteiger partial charge in [-0.2, -0.15) is 0 Å². The molecule has 1 nitrogen and oxygen atoms in total. The lowest BCUT2D eigenvalue weighted by molar-refractivity contribution is -0.275. The Bertz CT molecular complexity index is 344. The van der Waals surface area contributed by atoms with Crippen LogP contribution in [0.1, 0.15) is 18.4 Å². The zero-order chi connectivity index (χ0) is 11.6. The minimum absolute atomic E-state index is 0.0942. The second-order valence-corrected chi connectivity index (χ2v) is 3.11. The first-order chi connectivity index (χ1) is 6.81. The maximum atomic E-state index is 13.4. The predicted octanol–water partition coefficient (Wildman–Crippen LogP) is 3.66. The van der Waals surface area contributed by atoms with Crippen molar-refractivity contribution in [3.05, 3.63) is 36.5 Å². The van der Waals surface area contributed by atoms with Gasteiger partial charge >= 0.3 is 6.36 Å². The molecule has 0 amide bonds. The third-order valence-corrected chi connectivity index (χ3v) is 1.75. The molecule has 0 aliphatic carbocycles. The highest BCUT2D eigenvalue weighted by molar-refractivity contribution is 5.33. The summed E-state index contributed by atoms with van der Waals surface area (Å²) >= 11 is 0. The summed E-state index contributed by atoms with van der Waals surface area (Å²) < 4.78 is 52.5. The fourth-order valence-corrected chi connectivity index (χ4v) is 1.11. The average Bonchev–Trinajstić information content (AvgIpc) is 2.05. The van der Waals surface area contributed by atoms with Gasteiger partial charge in [-0.15, -0.1) is 13.2 Å². The van der Waals surface area contributed by atoms with Crippen LogP contribution in [0.3, 0.4) is 0 Å². The maximum absolute atomic E-state index is 13.4. The van der Waals surface area contributed by atoms with Crippen molar-refractivity contribution in [1.29, 1.82) is 0 Å². The molecule has 0 saturated carbocycles. The summed E-state index contributed by atoms with van der Waals surface area (Å²) in [5.41, 5.74) is 0.0942. The monoisotopic (exact) mass is 221 g/mol. The van der Waals surface area contributed by atoms with Crippen molar-refractivity contribution in [3.63, 3.8) is 0 Å². The molecular weight excluding hydrogens is 212 g/mol. The highest BCUT2D eigenvalue weighted by atomic mass is 19.4. The van der Waals surface area contributed by atoms with E-state index in [0.717, 1.165) is 6.07 Å². The topological polar surface area (TPSA) is 9.23 Å². The molecule has 1 rings (SSSR count). The number of hydrogen-bond acceptors (Lipinski definition) is 1. The van der Waals surface area contributed by atoms with Crippen LogP contribution in [-0.2, 0) is 0 Å². The van der Waals surface area contributed by atoms with Crippen LogP contribution >= 0.6 is 0 Å². The third kappa shape index (κ3) is 3.11. The standard InChI is InChI=1S/C10H9F4O/c1-6(2)7-4-3-5-8(9(7)11)15-10(12,13)14/h3-6H,1H2,2H3. The van der Waals surface area contributed by atoms with Gasteiger partial charge in [-0.25, -0.2) is 4.39 Å². The van der Waals surface area contributed by atoms with Gasteiger partial charge in [-0.3, -0.25) is 0 Å². The van der Waals surface area contributed by atoms with Gasteiger partial charge in [0.1, 0.15) is 0 Å². The van der Waals surface area contributed by atoms with E-state index in [0.29, 0.717) is 0 Å². The number of alkyl halides is 3. The van der Waals surface area contributed by atoms with Gasteiger partial charge in [0.05, 0.1) is 0 Å². The lowest BCUT2D eigenvalue weighted by Crippen LogP contribution is -2.18. The normalized spacial score (nSPS) is 11.9. The molecule has 0 aliphatic rings. The number of halogens is 4. The first kappa shape index (κ1) is 11.8. The molecule has 5 heteroatoms. The Kier molecular flexibility index (Phi) is 3.21. The summed E-state index contributed by atoms with van der Waals surface area (Å²) in [4.78, 5) is 0. The van der Waals surface area contributed by atoms with Gasteiger partial charge in [-0.1, -0.05) is 19.1 Å². The molecule has 0 spiro atoms. The van der Waals surface area contributed by atoms with Crippen molar-refractivity contribution >= 4 is 0 Å². The number of benzene rings is 1. The number of ether oxygens (including phenoxy) is 1. The van der Waals surface area contributed by atoms with E-state index < -0.39 is 23.8 Å². The van der Waals surface area contributed by atoms with Gasteiger partial charge < -0.3 is 4.74 Å². The summed E-state index contributed by atoms with van der Waals surface area (Å²) in [5.74, 6) is -2.28. The molecule has 15 heavy (non-hydrogen) atoms. The molecular formula is C10H9F4O. The Balaban J connectivity index is 3.05. The Labute approximate surface area is 84.7 Å². The number of rotatable bonds is 2. The van der Waals surface area contributed by atoms with Crippen LogP contribution in [0.5, 0.6) is 5.75 Å². The maximum Gasteiger partial charge on any atom is 0.573 e. The van der Waals surface area contributed by atoms with E-state index >= 15 is 0 Å². The summed E-state index contributed by atoms with van der Waals surface area (Å²) in [7, 11) is 0. The molecule has 0 N–H and O–H groups in total. The SMILES string of the molecule is [CH2]C(C)c1cccc(OC(F)(F)F)c1F. The van der Waals surface area contributed by atoms with Gasteiger partial charge in [0.2, 0.25) is 0 Å². The Morgan fingerprint density at radius 3 is 2.40 bits per heavy atom. The van der Waals surface area contributed by atoms with Gasteiger partial charge in [0.15, 0.2) is 11.6 Å². The molecule has 1 aromatic carbocycles. The van der Waals surface area contributed by atoms with E-state index in [4.69, 9.17) is 0 Å². The van der Waals surface area contributed by atoms with Crippen LogP contribution in [0.15, 0.2) is 18.2 Å². The molecule has 1 radical (unpaired) electrons. The molecule has 1 atom stereocenters. The van der Waals surface area contributed by atoms with E-state index in [2.05, 4.69) is 11.7 Å². The molecule has 0 bridgehead atoms. The van der Waals surface area contributed by atoms with E-state index in [9.17, 15) is 17.6 Å². The molecule has 0 aromatic heterocycles. The highest BCUT2D eigenvalue weighted by Gasteiger charge is 2.32. The molecule has 0 fully saturated rings. The van der Waals surface area contributed by atoms with Crippen LogP contribution in [0, 0.1) is 12.7 Å². The van der Waals surface area contributed by atoms with Crippen molar-refractivity contribution in [2.45, 2.75) is 19.2 Å². The summed E-state index contributed by atoms with van der Waals surface area (Å²) in [6.07, 6.45) is -4.89. The lowest BCUT2D eigenvalue weighted by atomic mass is 10.0. The van der Waals surface area contributed by atoms with Crippen LogP contribution in [-0.4, -0.2) is 6.36 Å². The summed E-state index contributed by atoms with van der Waals surface area (Å²) in [6.45, 7) is 5.11. The highest BCUT2D eigenvalue weighted by Crippen LogP contribution is 2.29.